The summed E-state index contributed by atoms with van der Waals surface area (Å²) in [4.78, 5) is 2.46. The molecule has 2 saturated heterocycles. The van der Waals surface area contributed by atoms with E-state index in [1.807, 2.05) is 0 Å². The molecule has 3 heteroatoms. The second-order valence-electron chi connectivity index (χ2n) is 6.08. The van der Waals surface area contributed by atoms with E-state index in [1.54, 1.807) is 0 Å². The number of fused-ring (bicyclic) bond motifs is 3. The summed E-state index contributed by atoms with van der Waals surface area (Å²) in [6.07, 6.45) is 8.05. The SMILES string of the molecule is CCC(C)C1=CC=C2C(=CC1C)OCC1COCCN21. The van der Waals surface area contributed by atoms with E-state index in [-0.39, 0.29) is 0 Å². The molecule has 0 amide bonds. The van der Waals surface area contributed by atoms with Crippen molar-refractivity contribution in [2.24, 2.45) is 11.8 Å². The maximum atomic E-state index is 6.00. The highest BCUT2D eigenvalue weighted by molar-refractivity contribution is 5.38. The van der Waals surface area contributed by atoms with Crippen LogP contribution in [0.25, 0.3) is 0 Å². The van der Waals surface area contributed by atoms with E-state index in [4.69, 9.17) is 9.47 Å². The average molecular weight is 275 g/mol. The Bertz CT molecular complexity index is 464. The van der Waals surface area contributed by atoms with E-state index in [9.17, 15) is 0 Å². The third-order valence-corrected chi connectivity index (χ3v) is 4.76. The predicted octanol–water partition coefficient (Wildman–Crippen LogP) is 3.11. The van der Waals surface area contributed by atoms with Crippen molar-refractivity contribution in [2.45, 2.75) is 33.2 Å². The third kappa shape index (κ3) is 2.39. The molecule has 0 spiro atoms. The largest absolute Gasteiger partial charge is 0.489 e. The Labute approximate surface area is 121 Å². The van der Waals surface area contributed by atoms with Gasteiger partial charge in [0.15, 0.2) is 0 Å². The van der Waals surface area contributed by atoms with Gasteiger partial charge in [-0.05, 0) is 30.4 Å². The van der Waals surface area contributed by atoms with Gasteiger partial charge in [0.2, 0.25) is 0 Å². The second kappa shape index (κ2) is 5.65. The fourth-order valence-electron chi connectivity index (χ4n) is 3.32. The lowest BCUT2D eigenvalue weighted by atomic mass is 9.88. The molecule has 0 bridgehead atoms. The van der Waals surface area contributed by atoms with Crippen molar-refractivity contribution >= 4 is 0 Å². The number of hydrogen-bond donors (Lipinski definition) is 0. The number of morpholine rings is 2. The summed E-state index contributed by atoms with van der Waals surface area (Å²) in [6, 6.07) is 0.376. The Kier molecular flexibility index (Phi) is 3.88. The summed E-state index contributed by atoms with van der Waals surface area (Å²) in [6.45, 7) is 10.2. The number of nitrogens with zero attached hydrogens (tertiary/aromatic N) is 1. The Morgan fingerprint density at radius 3 is 3.00 bits per heavy atom. The van der Waals surface area contributed by atoms with Crippen molar-refractivity contribution < 1.29 is 9.47 Å². The lowest BCUT2D eigenvalue weighted by molar-refractivity contribution is -0.0390. The van der Waals surface area contributed by atoms with Crippen LogP contribution in [0.1, 0.15) is 27.2 Å². The standard InChI is InChI=1S/C17H25NO2/c1-4-12(2)15-5-6-16-17(9-13(15)3)20-11-14-10-19-8-7-18(14)16/h5-6,9,12-14H,4,7-8,10-11H2,1-3H3. The molecule has 110 valence electrons. The predicted molar refractivity (Wildman–Crippen MR) is 80.1 cm³/mol. The van der Waals surface area contributed by atoms with Crippen molar-refractivity contribution in [1.82, 2.24) is 4.90 Å². The van der Waals surface area contributed by atoms with Gasteiger partial charge in [-0.1, -0.05) is 32.4 Å². The minimum Gasteiger partial charge on any atom is -0.489 e. The Morgan fingerprint density at radius 2 is 2.20 bits per heavy atom. The molecule has 20 heavy (non-hydrogen) atoms. The average Bonchev–Trinajstić information content (AvgIpc) is 2.65. The van der Waals surface area contributed by atoms with E-state index < -0.39 is 0 Å². The number of allylic oxidation sites excluding steroid dienone is 4. The summed E-state index contributed by atoms with van der Waals surface area (Å²) >= 11 is 0. The molecule has 0 aromatic heterocycles. The van der Waals surface area contributed by atoms with E-state index in [2.05, 4.69) is 43.9 Å². The quantitative estimate of drug-likeness (QED) is 0.773. The molecule has 3 unspecified atom stereocenters. The van der Waals surface area contributed by atoms with Gasteiger partial charge in [-0.2, -0.15) is 0 Å². The first-order valence-electron chi connectivity index (χ1n) is 7.81. The zero-order valence-electron chi connectivity index (χ0n) is 12.8. The topological polar surface area (TPSA) is 21.7 Å². The maximum absolute atomic E-state index is 6.00. The molecule has 2 aliphatic heterocycles. The minimum atomic E-state index is 0.376. The molecule has 0 N–H and O–H groups in total. The molecule has 3 rings (SSSR count). The zero-order chi connectivity index (χ0) is 14.1. The molecular weight excluding hydrogens is 250 g/mol. The normalized spacial score (nSPS) is 30.9. The van der Waals surface area contributed by atoms with Gasteiger partial charge in [0.25, 0.3) is 0 Å². The van der Waals surface area contributed by atoms with Gasteiger partial charge in [-0.3, -0.25) is 0 Å². The highest BCUT2D eigenvalue weighted by atomic mass is 16.5. The fourth-order valence-corrected chi connectivity index (χ4v) is 3.32. The van der Waals surface area contributed by atoms with Crippen LogP contribution in [-0.2, 0) is 9.47 Å². The van der Waals surface area contributed by atoms with Gasteiger partial charge in [-0.15, -0.1) is 0 Å². The van der Waals surface area contributed by atoms with Crippen LogP contribution in [0.2, 0.25) is 0 Å². The van der Waals surface area contributed by atoms with Crippen LogP contribution < -0.4 is 0 Å². The molecule has 1 aliphatic carbocycles. The molecular formula is C17H25NO2. The number of rotatable bonds is 2. The highest BCUT2D eigenvalue weighted by Gasteiger charge is 2.33. The third-order valence-electron chi connectivity index (χ3n) is 4.76. The summed E-state index contributed by atoms with van der Waals surface area (Å²) in [7, 11) is 0. The molecule has 3 nitrogen and oxygen atoms in total. The van der Waals surface area contributed by atoms with E-state index in [1.165, 1.54) is 17.7 Å². The van der Waals surface area contributed by atoms with Gasteiger partial charge in [0, 0.05) is 6.54 Å². The fraction of sp³-hybridized carbons (Fsp3) is 0.647. The molecule has 0 radical (unpaired) electrons. The first-order chi connectivity index (χ1) is 9.70. The minimum absolute atomic E-state index is 0.376. The van der Waals surface area contributed by atoms with Crippen molar-refractivity contribution in [3.05, 3.63) is 35.3 Å². The van der Waals surface area contributed by atoms with Crippen LogP contribution in [0.4, 0.5) is 0 Å². The van der Waals surface area contributed by atoms with Crippen molar-refractivity contribution in [3.63, 3.8) is 0 Å². The van der Waals surface area contributed by atoms with Crippen LogP contribution >= 0.6 is 0 Å². The molecule has 2 fully saturated rings. The van der Waals surface area contributed by atoms with Gasteiger partial charge in [0.1, 0.15) is 12.4 Å². The van der Waals surface area contributed by atoms with Crippen LogP contribution in [0.3, 0.4) is 0 Å². The Balaban J connectivity index is 1.93. The van der Waals surface area contributed by atoms with Crippen LogP contribution in [0, 0.1) is 11.8 Å². The number of hydrogen-bond acceptors (Lipinski definition) is 3. The van der Waals surface area contributed by atoms with Crippen molar-refractivity contribution in [2.75, 3.05) is 26.4 Å². The lowest BCUT2D eigenvalue weighted by Gasteiger charge is -2.42. The monoisotopic (exact) mass is 275 g/mol. The second-order valence-corrected chi connectivity index (χ2v) is 6.08. The van der Waals surface area contributed by atoms with Crippen LogP contribution in [0.5, 0.6) is 0 Å². The first kappa shape index (κ1) is 13.7. The maximum Gasteiger partial charge on any atom is 0.139 e. The van der Waals surface area contributed by atoms with E-state index in [0.717, 1.165) is 32.1 Å². The van der Waals surface area contributed by atoms with Crippen LogP contribution in [0.15, 0.2) is 35.3 Å². The van der Waals surface area contributed by atoms with Gasteiger partial charge in [0.05, 0.1) is 25.0 Å². The van der Waals surface area contributed by atoms with Gasteiger partial charge in [-0.25, -0.2) is 0 Å². The summed E-state index contributed by atoms with van der Waals surface area (Å²) in [5.41, 5.74) is 2.75. The number of ether oxygens (including phenoxy) is 2. The summed E-state index contributed by atoms with van der Waals surface area (Å²) in [5, 5.41) is 0. The Hall–Kier alpha value is -1.22. The molecule has 0 aromatic rings. The molecule has 3 atom stereocenters. The summed E-state index contributed by atoms with van der Waals surface area (Å²) < 4.78 is 11.6. The molecule has 0 saturated carbocycles. The smallest absolute Gasteiger partial charge is 0.139 e. The van der Waals surface area contributed by atoms with E-state index >= 15 is 0 Å². The first-order valence-corrected chi connectivity index (χ1v) is 7.81. The summed E-state index contributed by atoms with van der Waals surface area (Å²) in [5.74, 6) is 2.14. The van der Waals surface area contributed by atoms with Crippen molar-refractivity contribution in [1.29, 1.82) is 0 Å². The Morgan fingerprint density at radius 1 is 1.35 bits per heavy atom. The zero-order valence-corrected chi connectivity index (χ0v) is 12.8. The molecule has 2 heterocycles. The molecule has 3 aliphatic rings. The van der Waals surface area contributed by atoms with Gasteiger partial charge >= 0.3 is 0 Å². The van der Waals surface area contributed by atoms with Gasteiger partial charge < -0.3 is 14.4 Å². The van der Waals surface area contributed by atoms with Crippen LogP contribution in [-0.4, -0.2) is 37.3 Å². The van der Waals surface area contributed by atoms with Crippen molar-refractivity contribution in [3.8, 4) is 0 Å². The molecule has 0 aromatic carbocycles. The lowest BCUT2D eigenvalue weighted by Crippen LogP contribution is -2.50. The highest BCUT2D eigenvalue weighted by Crippen LogP contribution is 2.34. The van der Waals surface area contributed by atoms with E-state index in [0.29, 0.717) is 17.9 Å².